The molecule has 2 unspecified atom stereocenters. The van der Waals surface area contributed by atoms with Gasteiger partial charge >= 0.3 is 0 Å². The van der Waals surface area contributed by atoms with Gasteiger partial charge in [-0.15, -0.1) is 0 Å². The molecule has 0 saturated carbocycles. The molecule has 5 heteroatoms. The van der Waals surface area contributed by atoms with E-state index in [2.05, 4.69) is 24.4 Å². The Hall–Kier alpha value is -0.910. The van der Waals surface area contributed by atoms with Crippen molar-refractivity contribution in [3.63, 3.8) is 0 Å². The molecule has 0 bridgehead atoms. The number of nitrogens with zero attached hydrogens (tertiary/aromatic N) is 2. The van der Waals surface area contributed by atoms with E-state index < -0.39 is 0 Å². The molecule has 92 valence electrons. The minimum atomic E-state index is 0.0832. The van der Waals surface area contributed by atoms with Gasteiger partial charge in [0.15, 0.2) is 0 Å². The number of ether oxygens (including phenoxy) is 1. The van der Waals surface area contributed by atoms with E-state index in [-0.39, 0.29) is 12.1 Å². The molecule has 0 saturated heterocycles. The van der Waals surface area contributed by atoms with E-state index in [1.54, 1.807) is 11.8 Å². The van der Waals surface area contributed by atoms with Gasteiger partial charge in [0.1, 0.15) is 0 Å². The number of hydrogen-bond acceptors (Lipinski definition) is 4. The summed E-state index contributed by atoms with van der Waals surface area (Å²) in [5, 5.41) is 4.34. The van der Waals surface area contributed by atoms with Gasteiger partial charge in [0.05, 0.1) is 17.8 Å². The first kappa shape index (κ1) is 13.2. The third-order valence-corrected chi connectivity index (χ3v) is 2.74. The second kappa shape index (κ2) is 5.98. The summed E-state index contributed by atoms with van der Waals surface area (Å²) in [5.74, 6) is 5.99. The molecule has 1 aromatic heterocycles. The SMILES string of the molecule is COC(C(C)C)C(Cc1ccn(C)n1)NN. The van der Waals surface area contributed by atoms with Crippen LogP contribution in [0.15, 0.2) is 12.3 Å². The molecule has 0 aromatic carbocycles. The fraction of sp³-hybridized carbons (Fsp3) is 0.727. The number of aryl methyl sites for hydroxylation is 1. The van der Waals surface area contributed by atoms with Gasteiger partial charge in [-0.25, -0.2) is 0 Å². The highest BCUT2D eigenvalue weighted by Crippen LogP contribution is 2.13. The second-order valence-electron chi connectivity index (χ2n) is 4.40. The molecule has 0 radical (unpaired) electrons. The van der Waals surface area contributed by atoms with Crippen molar-refractivity contribution in [3.05, 3.63) is 18.0 Å². The van der Waals surface area contributed by atoms with Crippen LogP contribution in [0.2, 0.25) is 0 Å². The van der Waals surface area contributed by atoms with Gasteiger partial charge in [-0.3, -0.25) is 16.0 Å². The zero-order valence-corrected chi connectivity index (χ0v) is 10.5. The minimum absolute atomic E-state index is 0.0832. The first-order chi connectivity index (χ1) is 7.58. The molecule has 0 fully saturated rings. The van der Waals surface area contributed by atoms with Gasteiger partial charge in [0, 0.05) is 26.8 Å². The van der Waals surface area contributed by atoms with Crippen molar-refractivity contribution in [3.8, 4) is 0 Å². The van der Waals surface area contributed by atoms with Crippen LogP contribution in [0.1, 0.15) is 19.5 Å². The van der Waals surface area contributed by atoms with Crippen molar-refractivity contribution in [2.75, 3.05) is 7.11 Å². The van der Waals surface area contributed by atoms with Gasteiger partial charge in [0.25, 0.3) is 0 Å². The van der Waals surface area contributed by atoms with Gasteiger partial charge in [0.2, 0.25) is 0 Å². The summed E-state index contributed by atoms with van der Waals surface area (Å²) in [6, 6.07) is 2.08. The summed E-state index contributed by atoms with van der Waals surface area (Å²) in [6.45, 7) is 4.24. The molecule has 1 rings (SSSR count). The number of nitrogens with one attached hydrogen (secondary N) is 1. The van der Waals surface area contributed by atoms with E-state index in [0.717, 1.165) is 12.1 Å². The molecule has 1 aromatic rings. The van der Waals surface area contributed by atoms with E-state index in [1.807, 2.05) is 19.3 Å². The van der Waals surface area contributed by atoms with E-state index >= 15 is 0 Å². The number of aromatic nitrogens is 2. The van der Waals surface area contributed by atoms with Crippen molar-refractivity contribution >= 4 is 0 Å². The number of nitrogens with two attached hydrogens (primary N) is 1. The second-order valence-corrected chi connectivity index (χ2v) is 4.40. The molecule has 3 N–H and O–H groups in total. The number of hydrogen-bond donors (Lipinski definition) is 2. The smallest absolute Gasteiger partial charge is 0.0764 e. The fourth-order valence-electron chi connectivity index (χ4n) is 1.97. The molecule has 0 aliphatic heterocycles. The number of hydrazine groups is 1. The molecule has 0 spiro atoms. The van der Waals surface area contributed by atoms with Crippen molar-refractivity contribution < 1.29 is 4.74 Å². The average molecular weight is 226 g/mol. The quantitative estimate of drug-likeness (QED) is 0.546. The lowest BCUT2D eigenvalue weighted by Crippen LogP contribution is -2.48. The van der Waals surface area contributed by atoms with Crippen molar-refractivity contribution in [1.82, 2.24) is 15.2 Å². The maximum absolute atomic E-state index is 5.58. The number of rotatable bonds is 6. The fourth-order valence-corrected chi connectivity index (χ4v) is 1.97. The van der Waals surface area contributed by atoms with Crippen molar-refractivity contribution in [2.45, 2.75) is 32.4 Å². The summed E-state index contributed by atoms with van der Waals surface area (Å²) >= 11 is 0. The van der Waals surface area contributed by atoms with Crippen LogP contribution >= 0.6 is 0 Å². The van der Waals surface area contributed by atoms with Gasteiger partial charge in [-0.05, 0) is 12.0 Å². The van der Waals surface area contributed by atoms with E-state index in [9.17, 15) is 0 Å². The summed E-state index contributed by atoms with van der Waals surface area (Å²) in [7, 11) is 3.62. The molecule has 5 nitrogen and oxygen atoms in total. The molecule has 16 heavy (non-hydrogen) atoms. The maximum atomic E-state index is 5.58. The Morgan fingerprint density at radius 2 is 2.25 bits per heavy atom. The molecule has 0 aliphatic carbocycles. The Morgan fingerprint density at radius 3 is 2.62 bits per heavy atom. The predicted molar refractivity (Wildman–Crippen MR) is 63.7 cm³/mol. The lowest BCUT2D eigenvalue weighted by Gasteiger charge is -2.27. The largest absolute Gasteiger partial charge is 0.380 e. The van der Waals surface area contributed by atoms with Gasteiger partial charge in [-0.2, -0.15) is 5.10 Å². The molecule has 0 aliphatic rings. The topological polar surface area (TPSA) is 65.1 Å². The Kier molecular flexibility index (Phi) is 4.92. The molecular weight excluding hydrogens is 204 g/mol. The van der Waals surface area contributed by atoms with Crippen LogP contribution in [0.4, 0.5) is 0 Å². The number of methoxy groups -OCH3 is 1. The Labute approximate surface area is 96.9 Å². The summed E-state index contributed by atoms with van der Waals surface area (Å²) in [6.07, 6.45) is 2.79. The van der Waals surface area contributed by atoms with E-state index in [1.165, 1.54) is 0 Å². The van der Waals surface area contributed by atoms with Gasteiger partial charge in [-0.1, -0.05) is 13.8 Å². The van der Waals surface area contributed by atoms with Crippen LogP contribution in [0, 0.1) is 5.92 Å². The lowest BCUT2D eigenvalue weighted by atomic mass is 9.96. The first-order valence-electron chi connectivity index (χ1n) is 5.56. The minimum Gasteiger partial charge on any atom is -0.380 e. The Bertz CT molecular complexity index is 311. The summed E-state index contributed by atoms with van der Waals surface area (Å²) in [4.78, 5) is 0. The third kappa shape index (κ3) is 3.30. The average Bonchev–Trinajstić information content (AvgIpc) is 2.63. The molecule has 2 atom stereocenters. The molecule has 1 heterocycles. The van der Waals surface area contributed by atoms with Crippen LogP contribution in [-0.2, 0) is 18.2 Å². The zero-order valence-electron chi connectivity index (χ0n) is 10.5. The standard InChI is InChI=1S/C11H22N4O/c1-8(2)11(16-4)10(13-12)7-9-5-6-15(3)14-9/h5-6,8,10-11,13H,7,12H2,1-4H3. The lowest BCUT2D eigenvalue weighted by molar-refractivity contribution is 0.0329. The summed E-state index contributed by atoms with van der Waals surface area (Å²) < 4.78 is 7.26. The highest BCUT2D eigenvalue weighted by Gasteiger charge is 2.24. The van der Waals surface area contributed by atoms with Crippen LogP contribution in [-0.4, -0.2) is 29.0 Å². The van der Waals surface area contributed by atoms with Crippen LogP contribution in [0.3, 0.4) is 0 Å². The predicted octanol–water partition coefficient (Wildman–Crippen LogP) is 0.466. The van der Waals surface area contributed by atoms with Crippen LogP contribution in [0.5, 0.6) is 0 Å². The maximum Gasteiger partial charge on any atom is 0.0764 e. The van der Waals surface area contributed by atoms with Gasteiger partial charge < -0.3 is 4.74 Å². The zero-order chi connectivity index (χ0) is 12.1. The van der Waals surface area contributed by atoms with E-state index in [4.69, 9.17) is 10.6 Å². The first-order valence-corrected chi connectivity index (χ1v) is 5.56. The van der Waals surface area contributed by atoms with Crippen molar-refractivity contribution in [2.24, 2.45) is 18.8 Å². The highest BCUT2D eigenvalue weighted by molar-refractivity contribution is 5.02. The normalized spacial score (nSPS) is 15.4. The monoisotopic (exact) mass is 226 g/mol. The van der Waals surface area contributed by atoms with Crippen LogP contribution in [0.25, 0.3) is 0 Å². The summed E-state index contributed by atoms with van der Waals surface area (Å²) in [5.41, 5.74) is 3.84. The van der Waals surface area contributed by atoms with Crippen molar-refractivity contribution in [1.29, 1.82) is 0 Å². The molecular formula is C11H22N4O. The van der Waals surface area contributed by atoms with Crippen LogP contribution < -0.4 is 11.3 Å². The Morgan fingerprint density at radius 1 is 1.56 bits per heavy atom. The third-order valence-electron chi connectivity index (χ3n) is 2.74. The van der Waals surface area contributed by atoms with E-state index in [0.29, 0.717) is 5.92 Å². The molecule has 0 amide bonds. The Balaban J connectivity index is 2.67. The highest BCUT2D eigenvalue weighted by atomic mass is 16.5.